The van der Waals surface area contributed by atoms with Gasteiger partial charge in [0, 0.05) is 33.1 Å². The molecule has 1 fully saturated rings. The molecule has 1 rings (SSSR count). The summed E-state index contributed by atoms with van der Waals surface area (Å²) in [6.07, 6.45) is 1.55. The molecule has 0 aromatic rings. The summed E-state index contributed by atoms with van der Waals surface area (Å²) >= 11 is 0. The van der Waals surface area contributed by atoms with Gasteiger partial charge in [0.1, 0.15) is 0 Å². The summed E-state index contributed by atoms with van der Waals surface area (Å²) < 4.78 is 0. The Kier molecular flexibility index (Phi) is 8.02. The minimum atomic E-state index is -0.408. The van der Waals surface area contributed by atoms with Crippen LogP contribution in [0, 0.1) is 5.92 Å². The van der Waals surface area contributed by atoms with E-state index in [0.29, 0.717) is 32.0 Å². The fraction of sp³-hybridized carbons (Fsp3) is 0.846. The van der Waals surface area contributed by atoms with Crippen molar-refractivity contribution >= 4 is 24.2 Å². The number of nitrogens with two attached hydrogens (primary N) is 1. The molecule has 1 aliphatic rings. The second kappa shape index (κ2) is 8.38. The molecule has 0 aromatic heterocycles. The van der Waals surface area contributed by atoms with E-state index in [4.69, 9.17) is 5.73 Å². The first kappa shape index (κ1) is 18.2. The van der Waals surface area contributed by atoms with Crippen LogP contribution in [0.5, 0.6) is 0 Å². The number of hydrogen-bond acceptors (Lipinski definition) is 3. The highest BCUT2D eigenvalue weighted by Crippen LogP contribution is 2.09. The summed E-state index contributed by atoms with van der Waals surface area (Å²) in [6, 6.07) is -0.408. The fourth-order valence-electron chi connectivity index (χ4n) is 2.30. The summed E-state index contributed by atoms with van der Waals surface area (Å²) in [6.45, 7) is 8.36. The molecule has 1 heterocycles. The lowest BCUT2D eigenvalue weighted by Gasteiger charge is -2.25. The van der Waals surface area contributed by atoms with Crippen molar-refractivity contribution in [1.82, 2.24) is 9.80 Å². The van der Waals surface area contributed by atoms with Crippen molar-refractivity contribution in [3.05, 3.63) is 0 Å². The Balaban J connectivity index is 0.00000324. The van der Waals surface area contributed by atoms with Gasteiger partial charge in [-0.25, -0.2) is 0 Å². The molecule has 0 saturated carbocycles. The molecule has 0 radical (unpaired) electrons. The molecular weight excluding hydrogens is 266 g/mol. The molecule has 0 aliphatic carbocycles. The maximum absolute atomic E-state index is 12.2. The van der Waals surface area contributed by atoms with Crippen molar-refractivity contribution in [1.29, 1.82) is 0 Å². The standard InChI is InChI=1S/C13H25N3O2.ClH/c1-10(2)9-12(14)13(18)16-6-4-5-15(7-8-16)11(3)17;/h10,12H,4-9,14H2,1-3H3;1H/t12-;/m0./s1. The highest BCUT2D eigenvalue weighted by molar-refractivity contribution is 5.85. The molecule has 0 aromatic carbocycles. The number of rotatable bonds is 3. The summed E-state index contributed by atoms with van der Waals surface area (Å²) in [7, 11) is 0. The van der Waals surface area contributed by atoms with Crippen LogP contribution in [0.1, 0.15) is 33.6 Å². The zero-order chi connectivity index (χ0) is 13.7. The van der Waals surface area contributed by atoms with Gasteiger partial charge in [0.15, 0.2) is 0 Å². The third kappa shape index (κ3) is 5.78. The van der Waals surface area contributed by atoms with E-state index in [1.165, 1.54) is 0 Å². The van der Waals surface area contributed by atoms with Crippen molar-refractivity contribution < 1.29 is 9.59 Å². The van der Waals surface area contributed by atoms with Crippen molar-refractivity contribution in [3.8, 4) is 0 Å². The van der Waals surface area contributed by atoms with Gasteiger partial charge in [-0.1, -0.05) is 13.8 Å². The Morgan fingerprint density at radius 1 is 1.11 bits per heavy atom. The number of carbonyl (C=O) groups is 2. The second-order valence-electron chi connectivity index (χ2n) is 5.42. The van der Waals surface area contributed by atoms with Crippen molar-refractivity contribution in [3.63, 3.8) is 0 Å². The summed E-state index contributed by atoms with van der Waals surface area (Å²) in [4.78, 5) is 27.1. The molecule has 0 unspecified atom stereocenters. The topological polar surface area (TPSA) is 66.6 Å². The van der Waals surface area contributed by atoms with Crippen LogP contribution in [0.3, 0.4) is 0 Å². The van der Waals surface area contributed by atoms with Gasteiger partial charge in [-0.2, -0.15) is 0 Å². The van der Waals surface area contributed by atoms with Crippen LogP contribution < -0.4 is 5.73 Å². The molecule has 112 valence electrons. The molecule has 2 N–H and O–H groups in total. The van der Waals surface area contributed by atoms with Crippen molar-refractivity contribution in [2.45, 2.75) is 39.7 Å². The third-order valence-electron chi connectivity index (χ3n) is 3.30. The number of carbonyl (C=O) groups excluding carboxylic acids is 2. The quantitative estimate of drug-likeness (QED) is 0.839. The molecule has 6 heteroatoms. The lowest BCUT2D eigenvalue weighted by atomic mass is 10.0. The molecule has 19 heavy (non-hydrogen) atoms. The minimum Gasteiger partial charge on any atom is -0.341 e. The van der Waals surface area contributed by atoms with E-state index in [1.807, 2.05) is 0 Å². The molecular formula is C13H26ClN3O2. The van der Waals surface area contributed by atoms with Gasteiger partial charge in [-0.05, 0) is 18.8 Å². The van der Waals surface area contributed by atoms with Gasteiger partial charge >= 0.3 is 0 Å². The highest BCUT2D eigenvalue weighted by atomic mass is 35.5. The molecule has 5 nitrogen and oxygen atoms in total. The van der Waals surface area contributed by atoms with Gasteiger partial charge in [0.25, 0.3) is 0 Å². The van der Waals surface area contributed by atoms with Crippen LogP contribution >= 0.6 is 12.4 Å². The maximum Gasteiger partial charge on any atom is 0.239 e. The molecule has 0 spiro atoms. The van der Waals surface area contributed by atoms with Crippen molar-refractivity contribution in [2.24, 2.45) is 11.7 Å². The van der Waals surface area contributed by atoms with Crippen LogP contribution in [0.4, 0.5) is 0 Å². The molecule has 1 atom stereocenters. The van der Waals surface area contributed by atoms with Crippen LogP contribution in [-0.2, 0) is 9.59 Å². The zero-order valence-electron chi connectivity index (χ0n) is 12.1. The lowest BCUT2D eigenvalue weighted by Crippen LogP contribution is -2.46. The minimum absolute atomic E-state index is 0. The highest BCUT2D eigenvalue weighted by Gasteiger charge is 2.24. The van der Waals surface area contributed by atoms with E-state index in [2.05, 4.69) is 13.8 Å². The monoisotopic (exact) mass is 291 g/mol. The van der Waals surface area contributed by atoms with Gasteiger partial charge in [0.05, 0.1) is 6.04 Å². The smallest absolute Gasteiger partial charge is 0.239 e. The first-order valence-electron chi connectivity index (χ1n) is 6.71. The van der Waals surface area contributed by atoms with Gasteiger partial charge in [0.2, 0.25) is 11.8 Å². The number of halogens is 1. The number of hydrogen-bond donors (Lipinski definition) is 1. The van der Waals surface area contributed by atoms with E-state index in [0.717, 1.165) is 13.0 Å². The summed E-state index contributed by atoms with van der Waals surface area (Å²) in [5, 5.41) is 0. The van der Waals surface area contributed by atoms with E-state index in [1.54, 1.807) is 16.7 Å². The third-order valence-corrected chi connectivity index (χ3v) is 3.30. The Hall–Kier alpha value is -0.810. The predicted octanol–water partition coefficient (Wildman–Crippen LogP) is 0.862. The Morgan fingerprint density at radius 3 is 2.16 bits per heavy atom. The van der Waals surface area contributed by atoms with E-state index >= 15 is 0 Å². The van der Waals surface area contributed by atoms with E-state index in [-0.39, 0.29) is 24.2 Å². The predicted molar refractivity (Wildman–Crippen MR) is 78.1 cm³/mol. The first-order valence-corrected chi connectivity index (χ1v) is 6.71. The van der Waals surface area contributed by atoms with Crippen LogP contribution in [0.15, 0.2) is 0 Å². The SMILES string of the molecule is CC(=O)N1CCCN(C(=O)[C@@H](N)CC(C)C)CC1.Cl. The summed E-state index contributed by atoms with van der Waals surface area (Å²) in [5.41, 5.74) is 5.92. The number of nitrogens with zero attached hydrogens (tertiary/aromatic N) is 2. The number of amides is 2. The van der Waals surface area contributed by atoms with Crippen LogP contribution in [0.2, 0.25) is 0 Å². The molecule has 1 aliphatic heterocycles. The largest absolute Gasteiger partial charge is 0.341 e. The zero-order valence-corrected chi connectivity index (χ0v) is 12.9. The fourth-order valence-corrected chi connectivity index (χ4v) is 2.30. The van der Waals surface area contributed by atoms with Gasteiger partial charge in [-0.3, -0.25) is 9.59 Å². The average Bonchev–Trinajstić information content (AvgIpc) is 2.52. The normalized spacial score (nSPS) is 17.7. The Bertz CT molecular complexity index is 310. The van der Waals surface area contributed by atoms with E-state index in [9.17, 15) is 9.59 Å². The molecule has 1 saturated heterocycles. The van der Waals surface area contributed by atoms with E-state index < -0.39 is 6.04 Å². The lowest BCUT2D eigenvalue weighted by molar-refractivity contribution is -0.134. The Labute approximate surface area is 121 Å². The van der Waals surface area contributed by atoms with Crippen LogP contribution in [-0.4, -0.2) is 53.8 Å². The van der Waals surface area contributed by atoms with Gasteiger partial charge in [-0.15, -0.1) is 12.4 Å². The molecule has 0 bridgehead atoms. The summed E-state index contributed by atoms with van der Waals surface area (Å²) in [5.74, 6) is 0.523. The molecule has 2 amide bonds. The van der Waals surface area contributed by atoms with Crippen molar-refractivity contribution in [2.75, 3.05) is 26.2 Å². The second-order valence-corrected chi connectivity index (χ2v) is 5.42. The first-order chi connectivity index (χ1) is 8.41. The average molecular weight is 292 g/mol. The van der Waals surface area contributed by atoms with Crippen LogP contribution in [0.25, 0.3) is 0 Å². The maximum atomic E-state index is 12.2. The Morgan fingerprint density at radius 2 is 1.63 bits per heavy atom. The van der Waals surface area contributed by atoms with Gasteiger partial charge < -0.3 is 15.5 Å².